The summed E-state index contributed by atoms with van der Waals surface area (Å²) in [5, 5.41) is 8.95. The fourth-order valence-corrected chi connectivity index (χ4v) is 3.51. The summed E-state index contributed by atoms with van der Waals surface area (Å²) in [7, 11) is 0. The number of ether oxygens (including phenoxy) is 2. The molecule has 1 N–H and O–H groups in total. The van der Waals surface area contributed by atoms with Crippen LogP contribution in [-0.4, -0.2) is 53.3 Å². The molecular formula is C17H20BrNO5. The van der Waals surface area contributed by atoms with Crippen LogP contribution in [0.4, 0.5) is 0 Å². The van der Waals surface area contributed by atoms with Gasteiger partial charge in [0.05, 0.1) is 0 Å². The van der Waals surface area contributed by atoms with Crippen molar-refractivity contribution in [3.05, 3.63) is 28.7 Å². The van der Waals surface area contributed by atoms with E-state index in [0.29, 0.717) is 25.9 Å². The van der Waals surface area contributed by atoms with Gasteiger partial charge < -0.3 is 19.5 Å². The number of carbonyl (C=O) groups excluding carboxylic acids is 1. The minimum Gasteiger partial charge on any atom is -0.490 e. The zero-order chi connectivity index (χ0) is 17.1. The van der Waals surface area contributed by atoms with Gasteiger partial charge in [-0.2, -0.15) is 0 Å². The second kappa shape index (κ2) is 7.53. The Bertz CT molecular complexity index is 615. The molecule has 0 unspecified atom stereocenters. The van der Waals surface area contributed by atoms with E-state index in [1.807, 2.05) is 24.3 Å². The second-order valence-corrected chi connectivity index (χ2v) is 7.04. The lowest BCUT2D eigenvalue weighted by atomic mass is 10.1. The van der Waals surface area contributed by atoms with E-state index in [9.17, 15) is 9.59 Å². The minimum absolute atomic E-state index is 0.0830. The predicted molar refractivity (Wildman–Crippen MR) is 89.9 cm³/mol. The molecule has 2 atom stereocenters. The maximum Gasteiger partial charge on any atom is 0.332 e. The predicted octanol–water partition coefficient (Wildman–Crippen LogP) is 2.45. The van der Waals surface area contributed by atoms with E-state index in [1.54, 1.807) is 4.90 Å². The number of carbonyl (C=O) groups is 2. The lowest BCUT2D eigenvalue weighted by Crippen LogP contribution is -2.46. The largest absolute Gasteiger partial charge is 0.490 e. The topological polar surface area (TPSA) is 76.1 Å². The average molecular weight is 398 g/mol. The molecule has 0 aromatic heterocycles. The van der Waals surface area contributed by atoms with Gasteiger partial charge in [-0.05, 0) is 31.0 Å². The van der Waals surface area contributed by atoms with Crippen molar-refractivity contribution in [3.63, 3.8) is 0 Å². The Morgan fingerprint density at radius 2 is 1.88 bits per heavy atom. The summed E-state index contributed by atoms with van der Waals surface area (Å²) in [6, 6.07) is 7.71. The van der Waals surface area contributed by atoms with Crippen molar-refractivity contribution in [1.29, 1.82) is 0 Å². The van der Waals surface area contributed by atoms with E-state index < -0.39 is 18.2 Å². The number of hydrogen-bond acceptors (Lipinski definition) is 4. The monoisotopic (exact) mass is 397 g/mol. The highest BCUT2D eigenvalue weighted by Gasteiger charge is 2.37. The number of piperidine rings is 1. The number of hydrogen-bond donors (Lipinski definition) is 1. The van der Waals surface area contributed by atoms with Crippen molar-refractivity contribution in [2.24, 2.45) is 0 Å². The number of rotatable bonds is 4. The summed E-state index contributed by atoms with van der Waals surface area (Å²) in [4.78, 5) is 25.1. The van der Waals surface area contributed by atoms with Gasteiger partial charge in [0.15, 0.2) is 6.10 Å². The third-order valence-corrected chi connectivity index (χ3v) is 4.92. The Kier molecular flexibility index (Phi) is 5.40. The van der Waals surface area contributed by atoms with Crippen molar-refractivity contribution in [2.75, 3.05) is 13.1 Å². The first-order valence-electron chi connectivity index (χ1n) is 8.12. The SMILES string of the molecule is O=C(O)[C@H]1CC[C@@H](C(=O)N2CCC(Oc3cccc(Br)c3)CC2)O1. The zero-order valence-electron chi connectivity index (χ0n) is 13.2. The molecule has 6 nitrogen and oxygen atoms in total. The van der Waals surface area contributed by atoms with Gasteiger partial charge in [0.1, 0.15) is 18.0 Å². The molecule has 1 aromatic carbocycles. The molecular weight excluding hydrogens is 378 g/mol. The van der Waals surface area contributed by atoms with E-state index >= 15 is 0 Å². The van der Waals surface area contributed by atoms with Crippen molar-refractivity contribution >= 4 is 27.8 Å². The van der Waals surface area contributed by atoms with Crippen LogP contribution in [0.3, 0.4) is 0 Å². The van der Waals surface area contributed by atoms with Gasteiger partial charge in [-0.3, -0.25) is 4.79 Å². The second-order valence-electron chi connectivity index (χ2n) is 6.13. The summed E-state index contributed by atoms with van der Waals surface area (Å²) < 4.78 is 12.3. The van der Waals surface area contributed by atoms with Crippen molar-refractivity contribution < 1.29 is 24.2 Å². The third-order valence-electron chi connectivity index (χ3n) is 4.42. The van der Waals surface area contributed by atoms with Crippen LogP contribution in [0.5, 0.6) is 5.75 Å². The first-order chi connectivity index (χ1) is 11.5. The first-order valence-corrected chi connectivity index (χ1v) is 8.91. The van der Waals surface area contributed by atoms with E-state index in [1.165, 1.54) is 0 Å². The smallest absolute Gasteiger partial charge is 0.332 e. The third kappa shape index (κ3) is 4.08. The quantitative estimate of drug-likeness (QED) is 0.844. The molecule has 24 heavy (non-hydrogen) atoms. The molecule has 2 heterocycles. The molecule has 0 aliphatic carbocycles. The van der Waals surface area contributed by atoms with E-state index in [2.05, 4.69) is 15.9 Å². The van der Waals surface area contributed by atoms with Gasteiger partial charge >= 0.3 is 5.97 Å². The Morgan fingerprint density at radius 1 is 1.17 bits per heavy atom. The number of amides is 1. The number of likely N-dealkylation sites (tertiary alicyclic amines) is 1. The summed E-state index contributed by atoms with van der Waals surface area (Å²) >= 11 is 3.42. The molecule has 0 saturated carbocycles. The molecule has 3 rings (SSSR count). The summed E-state index contributed by atoms with van der Waals surface area (Å²) in [5.74, 6) is -0.274. The fourth-order valence-electron chi connectivity index (χ4n) is 3.13. The van der Waals surface area contributed by atoms with Crippen molar-refractivity contribution in [1.82, 2.24) is 4.90 Å². The van der Waals surface area contributed by atoms with Crippen molar-refractivity contribution in [3.8, 4) is 5.75 Å². The number of halogens is 1. The Hall–Kier alpha value is -1.60. The summed E-state index contributed by atoms with van der Waals surface area (Å²) in [6.45, 7) is 1.21. The number of aliphatic carboxylic acids is 1. The van der Waals surface area contributed by atoms with Crippen LogP contribution in [0.15, 0.2) is 28.7 Å². The molecule has 1 amide bonds. The number of nitrogens with zero attached hydrogens (tertiary/aromatic N) is 1. The number of carboxylic acid groups (broad SMARTS) is 1. The molecule has 7 heteroatoms. The molecule has 2 fully saturated rings. The lowest BCUT2D eigenvalue weighted by molar-refractivity contribution is -0.155. The Balaban J connectivity index is 1.48. The zero-order valence-corrected chi connectivity index (χ0v) is 14.8. The van der Waals surface area contributed by atoms with Gasteiger partial charge in [-0.15, -0.1) is 0 Å². The van der Waals surface area contributed by atoms with E-state index in [0.717, 1.165) is 23.1 Å². The molecule has 2 aliphatic heterocycles. The lowest BCUT2D eigenvalue weighted by Gasteiger charge is -2.33. The molecule has 0 radical (unpaired) electrons. The maximum atomic E-state index is 12.4. The number of benzene rings is 1. The highest BCUT2D eigenvalue weighted by Crippen LogP contribution is 2.25. The van der Waals surface area contributed by atoms with Gasteiger partial charge in [-0.25, -0.2) is 4.79 Å². The standard InChI is InChI=1S/C17H20BrNO5/c18-11-2-1-3-13(10-11)23-12-6-8-19(9-7-12)16(20)14-4-5-15(24-14)17(21)22/h1-3,10,12,14-15H,4-9H2,(H,21,22)/t14-,15+/m0/s1. The van der Waals surface area contributed by atoms with Crippen LogP contribution in [0.1, 0.15) is 25.7 Å². The molecule has 2 saturated heterocycles. The Morgan fingerprint density at radius 3 is 2.50 bits per heavy atom. The van der Waals surface area contributed by atoms with Crippen LogP contribution in [0.2, 0.25) is 0 Å². The van der Waals surface area contributed by atoms with E-state index in [4.69, 9.17) is 14.6 Å². The van der Waals surface area contributed by atoms with Crippen LogP contribution >= 0.6 is 15.9 Å². The number of carboxylic acids is 1. The van der Waals surface area contributed by atoms with Crippen molar-refractivity contribution in [2.45, 2.75) is 44.0 Å². The highest BCUT2D eigenvalue weighted by atomic mass is 79.9. The summed E-state index contributed by atoms with van der Waals surface area (Å²) in [6.07, 6.45) is 1.00. The fraction of sp³-hybridized carbons (Fsp3) is 0.529. The average Bonchev–Trinajstić information content (AvgIpc) is 3.05. The highest BCUT2D eigenvalue weighted by molar-refractivity contribution is 9.10. The molecule has 2 aliphatic rings. The maximum absolute atomic E-state index is 12.4. The summed E-state index contributed by atoms with van der Waals surface area (Å²) in [5.41, 5.74) is 0. The van der Waals surface area contributed by atoms with Gasteiger partial charge in [0.25, 0.3) is 5.91 Å². The first kappa shape index (κ1) is 17.2. The van der Waals surface area contributed by atoms with Crippen LogP contribution in [0.25, 0.3) is 0 Å². The van der Waals surface area contributed by atoms with Crippen LogP contribution in [-0.2, 0) is 14.3 Å². The van der Waals surface area contributed by atoms with Gasteiger partial charge in [0, 0.05) is 30.4 Å². The van der Waals surface area contributed by atoms with Crippen LogP contribution in [0, 0.1) is 0 Å². The van der Waals surface area contributed by atoms with Gasteiger partial charge in [0.2, 0.25) is 0 Å². The molecule has 0 spiro atoms. The normalized spacial score (nSPS) is 24.8. The molecule has 130 valence electrons. The molecule has 1 aromatic rings. The molecule has 0 bridgehead atoms. The Labute approximate surface area is 148 Å². The minimum atomic E-state index is -0.994. The van der Waals surface area contributed by atoms with Crippen LogP contribution < -0.4 is 4.74 Å². The van der Waals surface area contributed by atoms with E-state index in [-0.39, 0.29) is 12.0 Å². The van der Waals surface area contributed by atoms with Gasteiger partial charge in [-0.1, -0.05) is 22.0 Å².